The summed E-state index contributed by atoms with van der Waals surface area (Å²) in [4.78, 5) is 53.4. The number of nitrogens with zero attached hydrogens (tertiary/aromatic N) is 1. The number of Topliss-reactive ketones (excluding diaryl/α,β-unsaturated/α-hetero) is 2. The number of phenols is 1. The zero-order valence-corrected chi connectivity index (χ0v) is 23.5. The van der Waals surface area contributed by atoms with Crippen molar-refractivity contribution < 1.29 is 44.7 Å². The summed E-state index contributed by atoms with van der Waals surface area (Å²) in [5.41, 5.74) is 12.2. The summed E-state index contributed by atoms with van der Waals surface area (Å²) >= 11 is 0. The highest BCUT2D eigenvalue weighted by Crippen LogP contribution is 2.56. The second-order valence-corrected chi connectivity index (χ2v) is 11.4. The van der Waals surface area contributed by atoms with Crippen molar-refractivity contribution in [2.75, 3.05) is 26.0 Å². The summed E-state index contributed by atoms with van der Waals surface area (Å²) in [6, 6.07) is 0.542. The number of hydrogen-bond acceptors (Lipinski definition) is 12. The van der Waals surface area contributed by atoms with Crippen LogP contribution in [0.3, 0.4) is 0 Å². The molecule has 0 aromatic heterocycles. The van der Waals surface area contributed by atoms with E-state index in [4.69, 9.17) is 17.2 Å². The molecule has 0 saturated heterocycles. The summed E-state index contributed by atoms with van der Waals surface area (Å²) in [5.74, 6) is -10.6. The number of anilines is 1. The fourth-order valence-electron chi connectivity index (χ4n) is 6.58. The first-order valence-electron chi connectivity index (χ1n) is 13.6. The van der Waals surface area contributed by atoms with E-state index in [1.165, 1.54) is 31.1 Å². The summed E-state index contributed by atoms with van der Waals surface area (Å²) in [6.45, 7) is 2.06. The molecule has 12 N–H and O–H groups in total. The molecule has 0 heterocycles. The fraction of sp³-hybridized carbons (Fsp3) is 0.500. The van der Waals surface area contributed by atoms with Gasteiger partial charge in [0.2, 0.25) is 11.7 Å². The van der Waals surface area contributed by atoms with Crippen molar-refractivity contribution in [1.82, 2.24) is 4.90 Å². The maximum Gasteiger partial charge on any atom is 0.255 e. The highest BCUT2D eigenvalue weighted by atomic mass is 16.4. The predicted molar refractivity (Wildman–Crippen MR) is 150 cm³/mol. The minimum absolute atomic E-state index is 0.110. The van der Waals surface area contributed by atoms with Crippen molar-refractivity contribution in [3.05, 3.63) is 40.2 Å². The van der Waals surface area contributed by atoms with Gasteiger partial charge in [-0.05, 0) is 51.0 Å². The lowest BCUT2D eigenvalue weighted by atomic mass is 9.54. The minimum atomic E-state index is -3.01. The first-order chi connectivity index (χ1) is 19.6. The number of primary amides is 1. The molecule has 3 unspecified atom stereocenters. The highest BCUT2D eigenvalue weighted by molar-refractivity contribution is 6.24. The number of benzene rings is 1. The molecule has 0 bridgehead atoms. The lowest BCUT2D eigenvalue weighted by Gasteiger charge is -2.53. The van der Waals surface area contributed by atoms with Gasteiger partial charge in [-0.25, -0.2) is 0 Å². The molecule has 0 radical (unpaired) electrons. The van der Waals surface area contributed by atoms with Crippen molar-refractivity contribution >= 4 is 34.8 Å². The molecule has 3 aliphatic carbocycles. The van der Waals surface area contributed by atoms with Gasteiger partial charge in [0.05, 0.1) is 35.4 Å². The van der Waals surface area contributed by atoms with Crippen LogP contribution in [-0.2, 0) is 19.2 Å². The van der Waals surface area contributed by atoms with Gasteiger partial charge < -0.3 is 48.1 Å². The van der Waals surface area contributed by atoms with Gasteiger partial charge in [0.1, 0.15) is 22.8 Å². The third-order valence-corrected chi connectivity index (χ3v) is 8.69. The maximum atomic E-state index is 14.0. The van der Waals surface area contributed by atoms with E-state index in [1.54, 1.807) is 6.92 Å². The Hall–Kier alpha value is -3.82. The molecule has 14 heteroatoms. The Morgan fingerprint density at radius 1 is 1.14 bits per heavy atom. The second kappa shape index (κ2) is 11.1. The first-order valence-corrected chi connectivity index (χ1v) is 13.6. The van der Waals surface area contributed by atoms with Crippen molar-refractivity contribution in [1.29, 1.82) is 0 Å². The van der Waals surface area contributed by atoms with E-state index in [2.05, 4.69) is 5.32 Å². The Kier molecular flexibility index (Phi) is 8.23. The molecule has 1 fully saturated rings. The van der Waals surface area contributed by atoms with Crippen LogP contribution in [0.1, 0.15) is 43.2 Å². The van der Waals surface area contributed by atoms with Crippen LogP contribution >= 0.6 is 0 Å². The SMILES string of the molecule is C[C@H]1c2ccc(NC(=O)[C@@H](N)CCCCN)c(O)c2C(O)=C2C(=O)[C@]3(O)C(O)=C(C(N)=O)C(=O)[C@@H](N(C)C)C3C(O)C21. The molecule has 14 nitrogen and oxygen atoms in total. The number of ketones is 2. The topological polar surface area (TPSA) is 263 Å². The van der Waals surface area contributed by atoms with E-state index in [0.717, 1.165) is 0 Å². The van der Waals surface area contributed by atoms with Crippen molar-refractivity contribution in [3.8, 4) is 5.75 Å². The average molecular weight is 588 g/mol. The molecule has 4 rings (SSSR count). The van der Waals surface area contributed by atoms with Crippen LogP contribution in [0.15, 0.2) is 29.0 Å². The Morgan fingerprint density at radius 2 is 1.79 bits per heavy atom. The van der Waals surface area contributed by atoms with E-state index in [0.29, 0.717) is 31.4 Å². The van der Waals surface area contributed by atoms with Crippen LogP contribution < -0.4 is 22.5 Å². The third-order valence-electron chi connectivity index (χ3n) is 8.69. The molecule has 3 aliphatic rings. The number of rotatable bonds is 8. The largest absolute Gasteiger partial charge is 0.508 e. The smallest absolute Gasteiger partial charge is 0.255 e. The molecule has 2 amide bonds. The van der Waals surface area contributed by atoms with Crippen LogP contribution in [0.5, 0.6) is 5.75 Å². The molecule has 0 aliphatic heterocycles. The zero-order chi connectivity index (χ0) is 31.4. The van der Waals surface area contributed by atoms with Gasteiger partial charge in [0.25, 0.3) is 5.91 Å². The lowest BCUT2D eigenvalue weighted by Crippen LogP contribution is -2.70. The van der Waals surface area contributed by atoms with Gasteiger partial charge in [-0.2, -0.15) is 0 Å². The Balaban J connectivity index is 1.86. The van der Waals surface area contributed by atoms with Crippen molar-refractivity contribution in [2.45, 2.75) is 55.9 Å². The molecule has 1 aromatic rings. The molecule has 0 spiro atoms. The molecule has 1 saturated carbocycles. The van der Waals surface area contributed by atoms with E-state index in [1.807, 2.05) is 0 Å². The van der Waals surface area contributed by atoms with Gasteiger partial charge >= 0.3 is 0 Å². The van der Waals surface area contributed by atoms with Gasteiger partial charge in [-0.15, -0.1) is 0 Å². The number of phenolic OH excluding ortho intramolecular Hbond substituents is 1. The number of nitrogens with one attached hydrogen (secondary N) is 1. The number of hydrogen-bond donors (Lipinski definition) is 9. The van der Waals surface area contributed by atoms with Crippen molar-refractivity contribution in [3.63, 3.8) is 0 Å². The number of aliphatic hydroxyl groups excluding tert-OH is 3. The number of amides is 2. The predicted octanol–water partition coefficient (Wildman–Crippen LogP) is -1.11. The quantitative estimate of drug-likeness (QED) is 0.0996. The van der Waals surface area contributed by atoms with Gasteiger partial charge in [-0.3, -0.25) is 24.1 Å². The third kappa shape index (κ3) is 4.46. The molecule has 42 heavy (non-hydrogen) atoms. The number of nitrogens with two attached hydrogens (primary N) is 3. The lowest BCUT2D eigenvalue weighted by molar-refractivity contribution is -0.169. The van der Waals surface area contributed by atoms with Crippen molar-refractivity contribution in [2.24, 2.45) is 29.0 Å². The van der Waals surface area contributed by atoms with Crippen LogP contribution in [0.25, 0.3) is 5.76 Å². The second-order valence-electron chi connectivity index (χ2n) is 11.4. The minimum Gasteiger partial charge on any atom is -0.508 e. The molecule has 228 valence electrons. The Labute approximate surface area is 241 Å². The van der Waals surface area contributed by atoms with E-state index in [-0.39, 0.29) is 11.3 Å². The maximum absolute atomic E-state index is 14.0. The molecule has 7 atom stereocenters. The summed E-state index contributed by atoms with van der Waals surface area (Å²) < 4.78 is 0. The summed E-state index contributed by atoms with van der Waals surface area (Å²) in [5, 5.41) is 59.4. The number of likely N-dealkylation sites (N-methyl/N-ethyl adjacent to an activating group) is 1. The molecule has 1 aromatic carbocycles. The normalized spacial score (nSPS) is 29.7. The van der Waals surface area contributed by atoms with E-state index < -0.39 is 93.3 Å². The van der Waals surface area contributed by atoms with Gasteiger partial charge in [0.15, 0.2) is 11.4 Å². The first kappa shape index (κ1) is 31.1. The number of carbonyl (C=O) groups is 4. The standard InChI is InChI=1S/C28H37N5O9/c1-10-11-7-8-13(32-27(41)12(30)6-4-5-9-29)20(34)15(11)21(35)16-14(10)22(36)18-19(33(2)3)23(37)17(26(31)40)25(39)28(18,42)24(16)38/h7-8,10,12,14,18-19,22,34-36,39,42H,4-6,9,29-30H2,1-3H3,(H2,31,40)(H,32,41)/t10-,12-,14?,18?,19-,22?,28-/m0/s1. The number of aromatic hydroxyl groups is 1. The Morgan fingerprint density at radius 3 is 2.36 bits per heavy atom. The molecular weight excluding hydrogens is 550 g/mol. The van der Waals surface area contributed by atoms with Crippen LogP contribution in [0, 0.1) is 11.8 Å². The number of carbonyl (C=O) groups excluding carboxylic acids is 4. The number of unbranched alkanes of at least 4 members (excludes halogenated alkanes) is 1. The average Bonchev–Trinajstić information content (AvgIpc) is 2.91. The zero-order valence-electron chi connectivity index (χ0n) is 23.5. The fourth-order valence-corrected chi connectivity index (χ4v) is 6.58. The monoisotopic (exact) mass is 587 g/mol. The van der Waals surface area contributed by atoms with Crippen LogP contribution in [0.2, 0.25) is 0 Å². The van der Waals surface area contributed by atoms with Crippen LogP contribution in [0.4, 0.5) is 5.69 Å². The summed E-state index contributed by atoms with van der Waals surface area (Å²) in [7, 11) is 2.86. The van der Waals surface area contributed by atoms with Gasteiger partial charge in [-0.1, -0.05) is 19.4 Å². The summed E-state index contributed by atoms with van der Waals surface area (Å²) in [6.07, 6.45) is -0.0712. The highest BCUT2D eigenvalue weighted by Gasteiger charge is 2.68. The number of aliphatic hydroxyl groups is 4. The van der Waals surface area contributed by atoms with Crippen LogP contribution in [-0.4, -0.2) is 98.2 Å². The Bertz CT molecular complexity index is 1420. The number of fused-ring (bicyclic) bond motifs is 3. The van der Waals surface area contributed by atoms with Gasteiger partial charge in [0, 0.05) is 11.5 Å². The molecular formula is C28H37N5O9. The van der Waals surface area contributed by atoms with E-state index in [9.17, 15) is 44.7 Å². The van der Waals surface area contributed by atoms with E-state index >= 15 is 0 Å².